The van der Waals surface area contributed by atoms with Crippen LogP contribution in [0.15, 0.2) is 18.2 Å². The Hall–Kier alpha value is -2.04. The van der Waals surface area contributed by atoms with Crippen molar-refractivity contribution >= 4 is 17.6 Å². The lowest BCUT2D eigenvalue weighted by molar-refractivity contribution is -0.145. The first-order chi connectivity index (χ1) is 9.96. The summed E-state index contributed by atoms with van der Waals surface area (Å²) in [5.41, 5.74) is 0.0758. The minimum atomic E-state index is -1.35. The van der Waals surface area contributed by atoms with Gasteiger partial charge in [0.05, 0.1) is 5.69 Å². The number of nitrogens with zero attached hydrogens (tertiary/aromatic N) is 1. The van der Waals surface area contributed by atoms with Crippen molar-refractivity contribution in [2.75, 3.05) is 4.90 Å². The van der Waals surface area contributed by atoms with Gasteiger partial charge in [-0.2, -0.15) is 0 Å². The molecule has 1 heterocycles. The normalized spacial score (nSPS) is 18.7. The molecule has 1 aliphatic heterocycles. The number of rotatable bonds is 2. The number of benzene rings is 1. The monoisotopic (exact) mass is 305 g/mol. The van der Waals surface area contributed by atoms with E-state index in [1.54, 1.807) is 6.92 Å². The molecule has 0 aromatic heterocycles. The van der Waals surface area contributed by atoms with Crippen molar-refractivity contribution in [2.24, 2.45) is 0 Å². The number of ether oxygens (including phenoxy) is 1. The van der Waals surface area contributed by atoms with E-state index in [4.69, 9.17) is 4.74 Å². The first kappa shape index (κ1) is 16.3. The average Bonchev–Trinajstić information content (AvgIpc) is 2.38. The van der Waals surface area contributed by atoms with Crippen molar-refractivity contribution in [3.8, 4) is 5.75 Å². The third-order valence-corrected chi connectivity index (χ3v) is 4.02. The number of amides is 1. The minimum absolute atomic E-state index is 0.111. The van der Waals surface area contributed by atoms with E-state index in [1.165, 1.54) is 18.7 Å². The smallest absolute Gasteiger partial charge is 0.329 e. The van der Waals surface area contributed by atoms with E-state index in [0.717, 1.165) is 5.56 Å². The highest BCUT2D eigenvalue weighted by Crippen LogP contribution is 2.41. The largest absolute Gasteiger partial charge is 0.480 e. The summed E-state index contributed by atoms with van der Waals surface area (Å²) in [6.45, 7) is 10.9. The predicted molar refractivity (Wildman–Crippen MR) is 84.4 cm³/mol. The third-order valence-electron chi connectivity index (χ3n) is 4.02. The zero-order chi connectivity index (χ0) is 16.9. The molecule has 1 unspecified atom stereocenters. The number of fused-ring (bicyclic) bond motifs is 1. The molecule has 0 aliphatic carbocycles. The zero-order valence-corrected chi connectivity index (χ0v) is 13.9. The first-order valence-corrected chi connectivity index (χ1v) is 7.35. The van der Waals surface area contributed by atoms with Crippen LogP contribution < -0.4 is 9.64 Å². The molecule has 0 bridgehead atoms. The molecule has 1 aromatic rings. The molecule has 1 amide bonds. The number of carboxylic acid groups (broad SMARTS) is 1. The lowest BCUT2D eigenvalue weighted by atomic mass is 9.86. The number of hydrogen-bond acceptors (Lipinski definition) is 3. The molecule has 1 aromatic carbocycles. The standard InChI is InChI=1S/C17H23NO4/c1-10-14(19)18(17(5,6)15(20)21)12-9-11(16(2,3)4)7-8-13(12)22-10/h7-10H,1-6H3,(H,20,21). The van der Waals surface area contributed by atoms with E-state index >= 15 is 0 Å². The van der Waals surface area contributed by atoms with Crippen molar-refractivity contribution < 1.29 is 19.4 Å². The fourth-order valence-corrected chi connectivity index (χ4v) is 2.47. The molecule has 0 spiro atoms. The molecule has 5 heteroatoms. The van der Waals surface area contributed by atoms with Crippen molar-refractivity contribution in [2.45, 2.75) is 58.6 Å². The zero-order valence-electron chi connectivity index (χ0n) is 13.9. The molecule has 0 fully saturated rings. The summed E-state index contributed by atoms with van der Waals surface area (Å²) in [5.74, 6) is -0.859. The molecule has 120 valence electrons. The van der Waals surface area contributed by atoms with Crippen LogP contribution in [0, 0.1) is 0 Å². The fraction of sp³-hybridized carbons (Fsp3) is 0.529. The lowest BCUT2D eigenvalue weighted by Gasteiger charge is -2.41. The van der Waals surface area contributed by atoms with Gasteiger partial charge in [0.15, 0.2) is 6.10 Å². The highest BCUT2D eigenvalue weighted by molar-refractivity contribution is 6.05. The Morgan fingerprint density at radius 3 is 2.32 bits per heavy atom. The van der Waals surface area contributed by atoms with Gasteiger partial charge in [-0.15, -0.1) is 0 Å². The van der Waals surface area contributed by atoms with E-state index in [1.807, 2.05) is 18.2 Å². The minimum Gasteiger partial charge on any atom is -0.480 e. The molecule has 2 rings (SSSR count). The molecule has 22 heavy (non-hydrogen) atoms. The summed E-state index contributed by atoms with van der Waals surface area (Å²) >= 11 is 0. The first-order valence-electron chi connectivity index (χ1n) is 7.35. The number of hydrogen-bond donors (Lipinski definition) is 1. The average molecular weight is 305 g/mol. The maximum Gasteiger partial charge on any atom is 0.329 e. The van der Waals surface area contributed by atoms with Crippen molar-refractivity contribution in [3.05, 3.63) is 23.8 Å². The van der Waals surface area contributed by atoms with E-state index < -0.39 is 17.6 Å². The maximum atomic E-state index is 12.5. The second-order valence-corrected chi connectivity index (χ2v) is 7.23. The van der Waals surface area contributed by atoms with Gasteiger partial charge < -0.3 is 9.84 Å². The van der Waals surface area contributed by atoms with E-state index in [2.05, 4.69) is 20.8 Å². The molecule has 1 atom stereocenters. The van der Waals surface area contributed by atoms with Gasteiger partial charge in [-0.25, -0.2) is 4.79 Å². The van der Waals surface area contributed by atoms with Crippen molar-refractivity contribution in [3.63, 3.8) is 0 Å². The Morgan fingerprint density at radius 2 is 1.82 bits per heavy atom. The lowest BCUT2D eigenvalue weighted by Crippen LogP contribution is -2.58. The number of aliphatic carboxylic acids is 1. The van der Waals surface area contributed by atoms with Gasteiger partial charge in [0, 0.05) is 0 Å². The van der Waals surface area contributed by atoms with Crippen LogP contribution in [0.4, 0.5) is 5.69 Å². The number of carbonyl (C=O) groups is 2. The van der Waals surface area contributed by atoms with Crippen LogP contribution in [0.3, 0.4) is 0 Å². The van der Waals surface area contributed by atoms with E-state index in [-0.39, 0.29) is 11.3 Å². The Kier molecular flexibility index (Phi) is 3.71. The summed E-state index contributed by atoms with van der Waals surface area (Å²) < 4.78 is 5.63. The molecule has 0 radical (unpaired) electrons. The SMILES string of the molecule is CC1Oc2ccc(C(C)(C)C)cc2N(C(C)(C)C(=O)O)C1=O. The maximum absolute atomic E-state index is 12.5. The Balaban J connectivity index is 2.66. The van der Waals surface area contributed by atoms with Crippen molar-refractivity contribution in [1.82, 2.24) is 0 Å². The van der Waals surface area contributed by atoms with Crippen LogP contribution in [0.5, 0.6) is 5.75 Å². The van der Waals surface area contributed by atoms with Crippen molar-refractivity contribution in [1.29, 1.82) is 0 Å². The highest BCUT2D eigenvalue weighted by Gasteiger charge is 2.45. The predicted octanol–water partition coefficient (Wildman–Crippen LogP) is 2.96. The molecule has 1 aliphatic rings. The summed E-state index contributed by atoms with van der Waals surface area (Å²) in [4.78, 5) is 25.5. The van der Waals surface area contributed by atoms with Gasteiger partial charge in [-0.05, 0) is 43.9 Å². The number of carbonyl (C=O) groups excluding carboxylic acids is 1. The Morgan fingerprint density at radius 1 is 1.23 bits per heavy atom. The summed E-state index contributed by atoms with van der Waals surface area (Å²) in [7, 11) is 0. The van der Waals surface area contributed by atoms with Crippen LogP contribution in [0.2, 0.25) is 0 Å². The van der Waals surface area contributed by atoms with Gasteiger partial charge >= 0.3 is 5.97 Å². The highest BCUT2D eigenvalue weighted by atomic mass is 16.5. The van der Waals surface area contributed by atoms with Gasteiger partial charge in [-0.1, -0.05) is 26.8 Å². The molecule has 1 N–H and O–H groups in total. The number of carboxylic acids is 1. The van der Waals surface area contributed by atoms with Gasteiger partial charge in [0.1, 0.15) is 11.3 Å². The van der Waals surface area contributed by atoms with Crippen LogP contribution in [0.1, 0.15) is 47.1 Å². The summed E-state index contributed by atoms with van der Waals surface area (Å²) in [6.07, 6.45) is -0.702. The van der Waals surface area contributed by atoms with E-state index in [9.17, 15) is 14.7 Å². The van der Waals surface area contributed by atoms with Crippen LogP contribution in [-0.4, -0.2) is 28.6 Å². The number of anilines is 1. The second kappa shape index (κ2) is 5.00. The summed E-state index contributed by atoms with van der Waals surface area (Å²) in [5, 5.41) is 9.52. The van der Waals surface area contributed by atoms with Gasteiger partial charge in [-0.3, -0.25) is 9.69 Å². The molecule has 0 saturated heterocycles. The fourth-order valence-electron chi connectivity index (χ4n) is 2.47. The van der Waals surface area contributed by atoms with Crippen LogP contribution in [0.25, 0.3) is 0 Å². The van der Waals surface area contributed by atoms with E-state index in [0.29, 0.717) is 11.4 Å². The summed E-state index contributed by atoms with van der Waals surface area (Å²) in [6, 6.07) is 5.61. The molecular formula is C17H23NO4. The van der Waals surface area contributed by atoms with Crippen LogP contribution in [-0.2, 0) is 15.0 Å². The van der Waals surface area contributed by atoms with Gasteiger partial charge in [0.25, 0.3) is 5.91 Å². The Bertz CT molecular complexity index is 628. The van der Waals surface area contributed by atoms with Crippen LogP contribution >= 0.6 is 0 Å². The molecule has 0 saturated carbocycles. The topological polar surface area (TPSA) is 66.8 Å². The second-order valence-electron chi connectivity index (χ2n) is 7.23. The third kappa shape index (κ3) is 2.56. The van der Waals surface area contributed by atoms with Gasteiger partial charge in [0.2, 0.25) is 0 Å². The Labute approximate surface area is 130 Å². The molecule has 5 nitrogen and oxygen atoms in total. The molecular weight excluding hydrogens is 282 g/mol. The quantitative estimate of drug-likeness (QED) is 0.912.